The van der Waals surface area contributed by atoms with E-state index in [-0.39, 0.29) is 0 Å². The Bertz CT molecular complexity index is 355. The first-order valence-electron chi connectivity index (χ1n) is 8.00. The van der Waals surface area contributed by atoms with Gasteiger partial charge in [-0.15, -0.1) is 11.3 Å². The molecule has 0 atom stereocenters. The summed E-state index contributed by atoms with van der Waals surface area (Å²) in [5.74, 6) is 0.790. The Labute approximate surface area is 122 Å². The minimum Gasteiger partial charge on any atom is -0.306 e. The molecule has 19 heavy (non-hydrogen) atoms. The molecule has 2 aliphatic rings. The van der Waals surface area contributed by atoms with Crippen molar-refractivity contribution >= 4 is 11.3 Å². The lowest BCUT2D eigenvalue weighted by atomic mass is 9.90. The van der Waals surface area contributed by atoms with Gasteiger partial charge in [-0.2, -0.15) is 0 Å². The van der Waals surface area contributed by atoms with Crippen LogP contribution in [0.3, 0.4) is 0 Å². The van der Waals surface area contributed by atoms with E-state index in [0.29, 0.717) is 0 Å². The van der Waals surface area contributed by atoms with E-state index in [4.69, 9.17) is 4.98 Å². The summed E-state index contributed by atoms with van der Waals surface area (Å²) in [4.78, 5) is 8.96. The van der Waals surface area contributed by atoms with Crippen LogP contribution in [0.2, 0.25) is 0 Å². The highest BCUT2D eigenvalue weighted by atomic mass is 32.1. The van der Waals surface area contributed by atoms with Gasteiger partial charge in [-0.1, -0.05) is 33.1 Å². The van der Waals surface area contributed by atoms with Crippen LogP contribution in [-0.4, -0.2) is 30.0 Å². The van der Waals surface area contributed by atoms with Crippen molar-refractivity contribution in [1.82, 2.24) is 9.88 Å². The normalized spacial score (nSPS) is 21.2. The highest BCUT2D eigenvalue weighted by Crippen LogP contribution is 2.36. The predicted octanol–water partition coefficient (Wildman–Crippen LogP) is 4.25. The average molecular weight is 280 g/mol. The fourth-order valence-electron chi connectivity index (χ4n) is 3.02. The molecule has 108 valence electrons. The lowest BCUT2D eigenvalue weighted by Gasteiger charge is -2.19. The van der Waals surface area contributed by atoms with Gasteiger partial charge in [0.25, 0.3) is 0 Å². The Balaban J connectivity index is 0.000000637. The molecule has 0 unspecified atom stereocenters. The number of aromatic nitrogens is 1. The summed E-state index contributed by atoms with van der Waals surface area (Å²) in [6.07, 6.45) is 9.41. The van der Waals surface area contributed by atoms with Gasteiger partial charge in [0.1, 0.15) is 0 Å². The molecule has 0 N–H and O–H groups in total. The average Bonchev–Trinajstić information content (AvgIpc) is 2.81. The van der Waals surface area contributed by atoms with Crippen LogP contribution in [0.15, 0.2) is 0 Å². The zero-order valence-electron chi connectivity index (χ0n) is 12.7. The highest BCUT2D eigenvalue weighted by Gasteiger charge is 2.22. The maximum atomic E-state index is 4.96. The minimum atomic E-state index is 0.790. The van der Waals surface area contributed by atoms with Crippen molar-refractivity contribution in [3.63, 3.8) is 0 Å². The zero-order chi connectivity index (χ0) is 13.7. The maximum Gasteiger partial charge on any atom is 0.0962 e. The van der Waals surface area contributed by atoms with Crippen LogP contribution in [-0.2, 0) is 12.8 Å². The molecule has 1 aliphatic carbocycles. The third-order valence-corrected chi connectivity index (χ3v) is 5.52. The summed E-state index contributed by atoms with van der Waals surface area (Å²) in [6, 6.07) is 0. The Hall–Kier alpha value is -0.410. The summed E-state index contributed by atoms with van der Waals surface area (Å²) < 4.78 is 0. The van der Waals surface area contributed by atoms with Crippen LogP contribution < -0.4 is 0 Å². The molecule has 1 saturated carbocycles. The van der Waals surface area contributed by atoms with Crippen LogP contribution in [0.25, 0.3) is 0 Å². The third kappa shape index (κ3) is 3.79. The number of hydrogen-bond donors (Lipinski definition) is 0. The number of nitrogens with zero attached hydrogens (tertiary/aromatic N) is 2. The van der Waals surface area contributed by atoms with E-state index >= 15 is 0 Å². The molecule has 1 aromatic heterocycles. The molecular formula is C16H28N2S. The standard InChI is InChI=1S/C14H22N2S.C2H6/c1-16-9-7-12-13(8-10-16)17-14(15-12)11-5-3-2-4-6-11;1-2/h11H,2-10H2,1H3;1-2H3. The monoisotopic (exact) mass is 280 g/mol. The van der Waals surface area contributed by atoms with Crippen molar-refractivity contribution in [2.45, 2.75) is 64.7 Å². The van der Waals surface area contributed by atoms with E-state index in [1.165, 1.54) is 62.3 Å². The van der Waals surface area contributed by atoms with Crippen molar-refractivity contribution in [3.8, 4) is 0 Å². The van der Waals surface area contributed by atoms with Gasteiger partial charge in [0, 0.05) is 30.3 Å². The molecule has 2 nitrogen and oxygen atoms in total. The first kappa shape index (κ1) is 15.0. The predicted molar refractivity (Wildman–Crippen MR) is 84.2 cm³/mol. The SMILES string of the molecule is CC.CN1CCc2nc(C3CCCCC3)sc2CC1. The molecular weight excluding hydrogens is 252 g/mol. The smallest absolute Gasteiger partial charge is 0.0962 e. The highest BCUT2D eigenvalue weighted by molar-refractivity contribution is 7.11. The first-order chi connectivity index (χ1) is 9.33. The Kier molecular flexibility index (Phi) is 5.83. The summed E-state index contributed by atoms with van der Waals surface area (Å²) >= 11 is 2.02. The number of fused-ring (bicyclic) bond motifs is 1. The van der Waals surface area contributed by atoms with Crippen molar-refractivity contribution < 1.29 is 0 Å². The van der Waals surface area contributed by atoms with Crippen molar-refractivity contribution in [3.05, 3.63) is 15.6 Å². The second kappa shape index (κ2) is 7.39. The van der Waals surface area contributed by atoms with Gasteiger partial charge in [-0.05, 0) is 26.3 Å². The van der Waals surface area contributed by atoms with Crippen molar-refractivity contribution in [2.24, 2.45) is 0 Å². The second-order valence-corrected chi connectivity index (χ2v) is 6.68. The number of thiazole rings is 1. The number of hydrogen-bond acceptors (Lipinski definition) is 3. The van der Waals surface area contributed by atoms with E-state index in [1.807, 2.05) is 25.2 Å². The molecule has 0 aromatic carbocycles. The molecule has 0 amide bonds. The van der Waals surface area contributed by atoms with E-state index in [0.717, 1.165) is 12.3 Å². The van der Waals surface area contributed by atoms with Gasteiger partial charge < -0.3 is 4.90 Å². The number of rotatable bonds is 1. The van der Waals surface area contributed by atoms with Crippen molar-refractivity contribution in [1.29, 1.82) is 0 Å². The lowest BCUT2D eigenvalue weighted by Crippen LogP contribution is -2.21. The van der Waals surface area contributed by atoms with E-state index in [2.05, 4.69) is 11.9 Å². The topological polar surface area (TPSA) is 16.1 Å². The maximum absolute atomic E-state index is 4.96. The molecule has 0 radical (unpaired) electrons. The molecule has 0 bridgehead atoms. The van der Waals surface area contributed by atoms with Gasteiger partial charge in [0.2, 0.25) is 0 Å². The molecule has 1 aromatic rings. The molecule has 1 aliphatic heterocycles. The first-order valence-corrected chi connectivity index (χ1v) is 8.81. The van der Waals surface area contributed by atoms with E-state index < -0.39 is 0 Å². The van der Waals surface area contributed by atoms with Gasteiger partial charge in [-0.3, -0.25) is 0 Å². The Morgan fingerprint density at radius 3 is 2.47 bits per heavy atom. The molecule has 0 spiro atoms. The van der Waals surface area contributed by atoms with Gasteiger partial charge in [-0.25, -0.2) is 4.98 Å². The van der Waals surface area contributed by atoms with Crippen LogP contribution in [0.4, 0.5) is 0 Å². The van der Waals surface area contributed by atoms with Crippen LogP contribution in [0, 0.1) is 0 Å². The van der Waals surface area contributed by atoms with Gasteiger partial charge in [0.15, 0.2) is 0 Å². The Morgan fingerprint density at radius 2 is 1.74 bits per heavy atom. The molecule has 3 heteroatoms. The van der Waals surface area contributed by atoms with Gasteiger partial charge >= 0.3 is 0 Å². The third-order valence-electron chi connectivity index (χ3n) is 4.20. The van der Waals surface area contributed by atoms with Crippen LogP contribution in [0.1, 0.15) is 67.4 Å². The molecule has 1 fully saturated rings. The van der Waals surface area contributed by atoms with Gasteiger partial charge in [0.05, 0.1) is 10.7 Å². The fraction of sp³-hybridized carbons (Fsp3) is 0.812. The largest absolute Gasteiger partial charge is 0.306 e. The van der Waals surface area contributed by atoms with E-state index in [9.17, 15) is 0 Å². The molecule has 2 heterocycles. The summed E-state index contributed by atoms with van der Waals surface area (Å²) in [7, 11) is 2.22. The molecule has 3 rings (SSSR count). The summed E-state index contributed by atoms with van der Waals surface area (Å²) in [5.41, 5.74) is 1.42. The van der Waals surface area contributed by atoms with Crippen LogP contribution >= 0.6 is 11.3 Å². The lowest BCUT2D eigenvalue weighted by molar-refractivity contribution is 0.352. The minimum absolute atomic E-state index is 0.790. The summed E-state index contributed by atoms with van der Waals surface area (Å²) in [6.45, 7) is 6.39. The summed E-state index contributed by atoms with van der Waals surface area (Å²) in [5, 5.41) is 1.46. The second-order valence-electron chi connectivity index (χ2n) is 5.56. The Morgan fingerprint density at radius 1 is 1.05 bits per heavy atom. The molecule has 0 saturated heterocycles. The zero-order valence-corrected chi connectivity index (χ0v) is 13.6. The van der Waals surface area contributed by atoms with Crippen molar-refractivity contribution in [2.75, 3.05) is 20.1 Å². The van der Waals surface area contributed by atoms with Crippen LogP contribution in [0.5, 0.6) is 0 Å². The quantitative estimate of drug-likeness (QED) is 0.764. The number of likely N-dealkylation sites (N-methyl/N-ethyl adjacent to an activating group) is 1. The fourth-order valence-corrected chi connectivity index (χ4v) is 4.29. The van der Waals surface area contributed by atoms with E-state index in [1.54, 1.807) is 4.88 Å².